The van der Waals surface area contributed by atoms with E-state index in [0.29, 0.717) is 0 Å². The van der Waals surface area contributed by atoms with Gasteiger partial charge < -0.3 is 5.11 Å². The fraction of sp³-hybridized carbons (Fsp3) is 0.500. The van der Waals surface area contributed by atoms with Gasteiger partial charge in [-0.1, -0.05) is 6.08 Å². The number of hydrogen-bond donors (Lipinski definition) is 1. The Morgan fingerprint density at radius 3 is 3.23 bits per heavy atom. The molecule has 1 unspecified atom stereocenters. The summed E-state index contributed by atoms with van der Waals surface area (Å²) >= 11 is 0. The number of fused-ring (bicyclic) bond motifs is 1. The van der Waals surface area contributed by atoms with Crippen molar-refractivity contribution in [2.45, 2.75) is 25.8 Å². The SMILES string of the molecule is CCn1cc2c(n1)C=CCC2CO. The Morgan fingerprint density at radius 1 is 1.69 bits per heavy atom. The number of aliphatic hydroxyl groups excluding tert-OH is 1. The highest BCUT2D eigenvalue weighted by molar-refractivity contribution is 5.53. The predicted octanol–water partition coefficient (Wildman–Crippen LogP) is 1.40. The monoisotopic (exact) mass is 178 g/mol. The lowest BCUT2D eigenvalue weighted by molar-refractivity contribution is 0.265. The first-order valence-corrected chi connectivity index (χ1v) is 4.70. The minimum absolute atomic E-state index is 0.215. The Labute approximate surface area is 77.7 Å². The van der Waals surface area contributed by atoms with Crippen molar-refractivity contribution in [3.63, 3.8) is 0 Å². The van der Waals surface area contributed by atoms with E-state index in [0.717, 1.165) is 18.7 Å². The molecular weight excluding hydrogens is 164 g/mol. The second-order valence-electron chi connectivity index (χ2n) is 3.34. The first kappa shape index (κ1) is 8.51. The zero-order valence-electron chi connectivity index (χ0n) is 7.77. The fourth-order valence-electron chi connectivity index (χ4n) is 1.70. The van der Waals surface area contributed by atoms with Crippen molar-refractivity contribution in [2.24, 2.45) is 0 Å². The quantitative estimate of drug-likeness (QED) is 0.743. The van der Waals surface area contributed by atoms with Crippen LogP contribution < -0.4 is 0 Å². The third kappa shape index (κ3) is 1.40. The largest absolute Gasteiger partial charge is 0.396 e. The first-order valence-electron chi connectivity index (χ1n) is 4.70. The van der Waals surface area contributed by atoms with Gasteiger partial charge in [-0.25, -0.2) is 0 Å². The van der Waals surface area contributed by atoms with Crippen molar-refractivity contribution in [1.82, 2.24) is 9.78 Å². The first-order chi connectivity index (χ1) is 6.35. The molecule has 1 atom stereocenters. The Balaban J connectivity index is 2.39. The van der Waals surface area contributed by atoms with E-state index in [-0.39, 0.29) is 12.5 Å². The molecule has 0 saturated carbocycles. The Morgan fingerprint density at radius 2 is 2.54 bits per heavy atom. The number of allylic oxidation sites excluding steroid dienone is 1. The van der Waals surface area contributed by atoms with E-state index in [1.54, 1.807) is 0 Å². The third-order valence-electron chi connectivity index (χ3n) is 2.50. The average molecular weight is 178 g/mol. The van der Waals surface area contributed by atoms with Gasteiger partial charge in [-0.05, 0) is 19.4 Å². The number of aryl methyl sites for hydroxylation is 1. The molecule has 1 heterocycles. The Hall–Kier alpha value is -1.09. The summed E-state index contributed by atoms with van der Waals surface area (Å²) in [6.45, 7) is 3.17. The molecule has 0 fully saturated rings. The molecule has 1 aliphatic rings. The van der Waals surface area contributed by atoms with Gasteiger partial charge in [0.25, 0.3) is 0 Å². The fourth-order valence-corrected chi connectivity index (χ4v) is 1.70. The molecule has 0 radical (unpaired) electrons. The Bertz CT molecular complexity index is 328. The van der Waals surface area contributed by atoms with Crippen LogP contribution in [0.4, 0.5) is 0 Å². The molecule has 1 aliphatic carbocycles. The Kier molecular flexibility index (Phi) is 2.19. The minimum atomic E-state index is 0.215. The van der Waals surface area contributed by atoms with E-state index in [1.165, 1.54) is 5.56 Å². The number of aromatic nitrogens is 2. The van der Waals surface area contributed by atoms with E-state index >= 15 is 0 Å². The molecule has 1 aromatic rings. The normalized spacial score (nSPS) is 20.3. The number of rotatable bonds is 2. The molecule has 0 amide bonds. The van der Waals surface area contributed by atoms with Gasteiger partial charge in [0.05, 0.1) is 12.3 Å². The molecule has 2 rings (SSSR count). The summed E-state index contributed by atoms with van der Waals surface area (Å²) in [7, 11) is 0. The summed E-state index contributed by atoms with van der Waals surface area (Å²) < 4.78 is 1.92. The number of aliphatic hydroxyl groups is 1. The van der Waals surface area contributed by atoms with Crippen LogP contribution in [0.25, 0.3) is 6.08 Å². The molecule has 1 aromatic heterocycles. The maximum Gasteiger partial charge on any atom is 0.0883 e. The minimum Gasteiger partial charge on any atom is -0.396 e. The molecule has 3 nitrogen and oxygen atoms in total. The summed E-state index contributed by atoms with van der Waals surface area (Å²) in [5.74, 6) is 0.250. The number of nitrogens with zero attached hydrogens (tertiary/aromatic N) is 2. The third-order valence-corrected chi connectivity index (χ3v) is 2.50. The molecular formula is C10H14N2O. The van der Waals surface area contributed by atoms with Crippen molar-refractivity contribution in [3.8, 4) is 0 Å². The van der Waals surface area contributed by atoms with Crippen molar-refractivity contribution in [3.05, 3.63) is 23.5 Å². The highest BCUT2D eigenvalue weighted by Crippen LogP contribution is 2.28. The lowest BCUT2D eigenvalue weighted by atomic mass is 9.93. The summed E-state index contributed by atoms with van der Waals surface area (Å²) in [5, 5.41) is 13.5. The predicted molar refractivity (Wildman–Crippen MR) is 51.4 cm³/mol. The summed E-state index contributed by atoms with van der Waals surface area (Å²) in [4.78, 5) is 0. The van der Waals surface area contributed by atoms with Crippen molar-refractivity contribution in [1.29, 1.82) is 0 Å². The van der Waals surface area contributed by atoms with Crippen molar-refractivity contribution in [2.75, 3.05) is 6.61 Å². The van der Waals surface area contributed by atoms with E-state index in [4.69, 9.17) is 5.11 Å². The van der Waals surface area contributed by atoms with Crippen LogP contribution >= 0.6 is 0 Å². The van der Waals surface area contributed by atoms with E-state index in [2.05, 4.69) is 18.1 Å². The second-order valence-corrected chi connectivity index (χ2v) is 3.34. The van der Waals surface area contributed by atoms with Crippen molar-refractivity contribution < 1.29 is 5.11 Å². The summed E-state index contributed by atoms with van der Waals surface area (Å²) in [6, 6.07) is 0. The van der Waals surface area contributed by atoms with Gasteiger partial charge in [0.2, 0.25) is 0 Å². The van der Waals surface area contributed by atoms with E-state index in [9.17, 15) is 0 Å². The topological polar surface area (TPSA) is 38.0 Å². The van der Waals surface area contributed by atoms with Crippen molar-refractivity contribution >= 4 is 6.08 Å². The molecule has 0 bridgehead atoms. The lowest BCUT2D eigenvalue weighted by Crippen LogP contribution is -2.06. The molecule has 0 aromatic carbocycles. The zero-order chi connectivity index (χ0) is 9.26. The van der Waals surface area contributed by atoms with Crippen LogP contribution in [0.15, 0.2) is 12.3 Å². The molecule has 70 valence electrons. The molecule has 13 heavy (non-hydrogen) atoms. The molecule has 0 saturated heterocycles. The number of hydrogen-bond acceptors (Lipinski definition) is 2. The molecule has 1 N–H and O–H groups in total. The zero-order valence-corrected chi connectivity index (χ0v) is 7.77. The van der Waals surface area contributed by atoms with Gasteiger partial charge in [-0.3, -0.25) is 4.68 Å². The summed E-state index contributed by atoms with van der Waals surface area (Å²) in [5.41, 5.74) is 2.21. The van der Waals surface area contributed by atoms with Gasteiger partial charge in [0, 0.05) is 24.2 Å². The maximum absolute atomic E-state index is 9.15. The van der Waals surface area contributed by atoms with E-state index in [1.807, 2.05) is 17.0 Å². The van der Waals surface area contributed by atoms with Gasteiger partial charge in [0.15, 0.2) is 0 Å². The summed E-state index contributed by atoms with van der Waals surface area (Å²) in [6.07, 6.45) is 7.09. The maximum atomic E-state index is 9.15. The van der Waals surface area contributed by atoms with Crippen LogP contribution in [0, 0.1) is 0 Å². The van der Waals surface area contributed by atoms with Crippen LogP contribution in [-0.2, 0) is 6.54 Å². The van der Waals surface area contributed by atoms with Crippen LogP contribution in [0.1, 0.15) is 30.5 Å². The van der Waals surface area contributed by atoms with Crippen LogP contribution in [0.5, 0.6) is 0 Å². The van der Waals surface area contributed by atoms with E-state index < -0.39 is 0 Å². The van der Waals surface area contributed by atoms with Crippen LogP contribution in [0.3, 0.4) is 0 Å². The van der Waals surface area contributed by atoms with Gasteiger partial charge in [0.1, 0.15) is 0 Å². The van der Waals surface area contributed by atoms with Gasteiger partial charge in [-0.15, -0.1) is 0 Å². The second kappa shape index (κ2) is 3.34. The van der Waals surface area contributed by atoms with Gasteiger partial charge >= 0.3 is 0 Å². The highest BCUT2D eigenvalue weighted by atomic mass is 16.3. The van der Waals surface area contributed by atoms with Gasteiger partial charge in [-0.2, -0.15) is 5.10 Å². The molecule has 0 spiro atoms. The molecule has 0 aliphatic heterocycles. The average Bonchev–Trinajstić information content (AvgIpc) is 2.59. The smallest absolute Gasteiger partial charge is 0.0883 e. The molecule has 3 heteroatoms. The lowest BCUT2D eigenvalue weighted by Gasteiger charge is -2.13. The van der Waals surface area contributed by atoms with Crippen LogP contribution in [-0.4, -0.2) is 21.5 Å². The highest BCUT2D eigenvalue weighted by Gasteiger charge is 2.18. The van der Waals surface area contributed by atoms with Crippen LogP contribution in [0.2, 0.25) is 0 Å². The standard InChI is InChI=1S/C10H14N2O/c1-2-12-6-9-8(7-13)4-3-5-10(9)11-12/h3,5-6,8,13H,2,4,7H2,1H3.